The minimum absolute atomic E-state index is 0.196. The summed E-state index contributed by atoms with van der Waals surface area (Å²) in [5, 5.41) is 3.03. The first-order chi connectivity index (χ1) is 13.6. The zero-order valence-electron chi connectivity index (χ0n) is 16.8. The summed E-state index contributed by atoms with van der Waals surface area (Å²) in [6.07, 6.45) is 1.03. The third kappa shape index (κ3) is 6.27. The highest BCUT2D eigenvalue weighted by Gasteiger charge is 2.31. The van der Waals surface area contributed by atoms with Crippen LogP contribution in [0.5, 0.6) is 11.5 Å². The second-order valence-corrected chi connectivity index (χ2v) is 8.80. The van der Waals surface area contributed by atoms with Gasteiger partial charge < -0.3 is 14.8 Å². The number of benzene rings is 2. The van der Waals surface area contributed by atoms with Crippen molar-refractivity contribution in [3.05, 3.63) is 53.1 Å². The van der Waals surface area contributed by atoms with Gasteiger partial charge in [0.05, 0.1) is 25.6 Å². The largest absolute Gasteiger partial charge is 0.495 e. The SMILES string of the molecule is COc1ccc(Cl)cc1N([C@@H](C)C(=O)NCCOc1cccc(C)c1)S(C)(=O)=O. The van der Waals surface area contributed by atoms with Crippen molar-refractivity contribution in [3.63, 3.8) is 0 Å². The van der Waals surface area contributed by atoms with E-state index in [-0.39, 0.29) is 18.8 Å². The highest BCUT2D eigenvalue weighted by atomic mass is 35.5. The van der Waals surface area contributed by atoms with Crippen LogP contribution < -0.4 is 19.1 Å². The number of aryl methyl sites for hydroxylation is 1. The zero-order chi connectivity index (χ0) is 21.6. The van der Waals surface area contributed by atoms with E-state index in [1.54, 1.807) is 12.1 Å². The van der Waals surface area contributed by atoms with Gasteiger partial charge in [-0.05, 0) is 49.7 Å². The van der Waals surface area contributed by atoms with Crippen LogP contribution in [-0.2, 0) is 14.8 Å². The molecule has 0 unspecified atom stereocenters. The van der Waals surface area contributed by atoms with Crippen LogP contribution in [0.1, 0.15) is 12.5 Å². The molecule has 158 valence electrons. The molecule has 29 heavy (non-hydrogen) atoms. The fraction of sp³-hybridized carbons (Fsp3) is 0.350. The molecule has 2 aromatic rings. The van der Waals surface area contributed by atoms with E-state index in [1.165, 1.54) is 20.1 Å². The lowest BCUT2D eigenvalue weighted by Gasteiger charge is -2.29. The molecule has 1 amide bonds. The Kier molecular flexibility index (Phi) is 7.75. The van der Waals surface area contributed by atoms with E-state index in [0.717, 1.165) is 16.1 Å². The van der Waals surface area contributed by atoms with Gasteiger partial charge in [0.2, 0.25) is 15.9 Å². The average molecular weight is 441 g/mol. The van der Waals surface area contributed by atoms with Gasteiger partial charge in [0.1, 0.15) is 24.1 Å². The maximum Gasteiger partial charge on any atom is 0.243 e. The van der Waals surface area contributed by atoms with E-state index in [2.05, 4.69) is 5.32 Å². The molecule has 7 nitrogen and oxygen atoms in total. The van der Waals surface area contributed by atoms with Crippen LogP contribution in [-0.4, -0.2) is 46.9 Å². The number of carbonyl (C=O) groups is 1. The van der Waals surface area contributed by atoms with Crippen molar-refractivity contribution in [2.24, 2.45) is 0 Å². The quantitative estimate of drug-likeness (QED) is 0.606. The Bertz CT molecular complexity index is 965. The number of methoxy groups -OCH3 is 1. The first-order valence-electron chi connectivity index (χ1n) is 8.93. The van der Waals surface area contributed by atoms with Gasteiger partial charge in [-0.25, -0.2) is 8.42 Å². The maximum atomic E-state index is 12.6. The Morgan fingerprint density at radius 3 is 2.59 bits per heavy atom. The van der Waals surface area contributed by atoms with Gasteiger partial charge in [0, 0.05) is 5.02 Å². The molecule has 0 heterocycles. The number of carbonyl (C=O) groups excluding carboxylic acids is 1. The van der Waals surface area contributed by atoms with Crippen LogP contribution >= 0.6 is 11.6 Å². The molecule has 1 atom stereocenters. The van der Waals surface area contributed by atoms with Crippen molar-refractivity contribution in [1.82, 2.24) is 5.32 Å². The fourth-order valence-corrected chi connectivity index (χ4v) is 4.15. The molecule has 0 bridgehead atoms. The number of ether oxygens (including phenoxy) is 2. The Hall–Kier alpha value is -2.45. The lowest BCUT2D eigenvalue weighted by Crippen LogP contribution is -2.48. The summed E-state index contributed by atoms with van der Waals surface area (Å²) in [4.78, 5) is 12.6. The average Bonchev–Trinajstić information content (AvgIpc) is 2.64. The smallest absolute Gasteiger partial charge is 0.243 e. The number of rotatable bonds is 9. The molecule has 2 rings (SSSR count). The van der Waals surface area contributed by atoms with Crippen molar-refractivity contribution in [2.75, 3.05) is 30.8 Å². The normalized spacial score (nSPS) is 12.2. The zero-order valence-corrected chi connectivity index (χ0v) is 18.4. The number of sulfonamides is 1. The van der Waals surface area contributed by atoms with E-state index >= 15 is 0 Å². The second-order valence-electron chi connectivity index (χ2n) is 6.51. The molecular formula is C20H25ClN2O5S. The van der Waals surface area contributed by atoms with Crippen LogP contribution in [0.4, 0.5) is 5.69 Å². The summed E-state index contributed by atoms with van der Waals surface area (Å²) in [6, 6.07) is 11.1. The first-order valence-corrected chi connectivity index (χ1v) is 11.2. The monoisotopic (exact) mass is 440 g/mol. The standard InChI is InChI=1S/C20H25ClN2O5S/c1-14-6-5-7-17(12-14)28-11-10-22-20(24)15(2)23(29(4,25)26)18-13-16(21)8-9-19(18)27-3/h5-9,12-13,15H,10-11H2,1-4H3,(H,22,24)/t15-/m0/s1. The third-order valence-electron chi connectivity index (χ3n) is 4.13. The van der Waals surface area contributed by atoms with Crippen molar-refractivity contribution in [1.29, 1.82) is 0 Å². The molecule has 0 saturated heterocycles. The van der Waals surface area contributed by atoms with Gasteiger partial charge in [-0.15, -0.1) is 0 Å². The highest BCUT2D eigenvalue weighted by molar-refractivity contribution is 7.92. The highest BCUT2D eigenvalue weighted by Crippen LogP contribution is 2.34. The minimum Gasteiger partial charge on any atom is -0.495 e. The van der Waals surface area contributed by atoms with Crippen molar-refractivity contribution in [2.45, 2.75) is 19.9 Å². The van der Waals surface area contributed by atoms with Gasteiger partial charge in [-0.1, -0.05) is 23.7 Å². The summed E-state index contributed by atoms with van der Waals surface area (Å²) in [5.41, 5.74) is 1.26. The van der Waals surface area contributed by atoms with Crippen LogP contribution in [0.25, 0.3) is 0 Å². The summed E-state index contributed by atoms with van der Waals surface area (Å²) >= 11 is 6.03. The molecule has 0 aliphatic rings. The topological polar surface area (TPSA) is 84.9 Å². The molecule has 0 aliphatic carbocycles. The molecule has 0 aliphatic heterocycles. The second kappa shape index (κ2) is 9.84. The van der Waals surface area contributed by atoms with Gasteiger partial charge in [-0.2, -0.15) is 0 Å². The van der Waals surface area contributed by atoms with Crippen molar-refractivity contribution in [3.8, 4) is 11.5 Å². The lowest BCUT2D eigenvalue weighted by molar-refractivity contribution is -0.121. The van der Waals surface area contributed by atoms with E-state index in [0.29, 0.717) is 16.5 Å². The molecule has 9 heteroatoms. The number of halogens is 1. The molecule has 0 spiro atoms. The van der Waals surface area contributed by atoms with E-state index < -0.39 is 22.0 Å². The molecule has 0 aromatic heterocycles. The van der Waals surface area contributed by atoms with Gasteiger partial charge in [0.25, 0.3) is 0 Å². The molecule has 1 N–H and O–H groups in total. The summed E-state index contributed by atoms with van der Waals surface area (Å²) < 4.78 is 36.7. The first kappa shape index (κ1) is 22.8. The van der Waals surface area contributed by atoms with Crippen LogP contribution in [0.15, 0.2) is 42.5 Å². The maximum absolute atomic E-state index is 12.6. The van der Waals surface area contributed by atoms with Gasteiger partial charge in [-0.3, -0.25) is 9.10 Å². The Labute approximate surface area is 176 Å². The molecule has 0 fully saturated rings. The van der Waals surface area contributed by atoms with Crippen LogP contribution in [0.2, 0.25) is 5.02 Å². The minimum atomic E-state index is -3.79. The summed E-state index contributed by atoms with van der Waals surface area (Å²) in [5.74, 6) is 0.529. The lowest BCUT2D eigenvalue weighted by atomic mass is 10.2. The van der Waals surface area contributed by atoms with Crippen LogP contribution in [0, 0.1) is 6.92 Å². The van der Waals surface area contributed by atoms with Gasteiger partial charge >= 0.3 is 0 Å². The number of amides is 1. The summed E-state index contributed by atoms with van der Waals surface area (Å²) in [7, 11) is -2.37. The van der Waals surface area contributed by atoms with E-state index in [4.69, 9.17) is 21.1 Å². The third-order valence-corrected chi connectivity index (χ3v) is 5.59. The number of anilines is 1. The van der Waals surface area contributed by atoms with Gasteiger partial charge in [0.15, 0.2) is 0 Å². The molecule has 2 aromatic carbocycles. The Morgan fingerprint density at radius 2 is 1.97 bits per heavy atom. The predicted molar refractivity (Wildman–Crippen MR) is 114 cm³/mol. The molecule has 0 radical (unpaired) electrons. The molecule has 0 saturated carbocycles. The van der Waals surface area contributed by atoms with Crippen molar-refractivity contribution >= 4 is 33.2 Å². The fourth-order valence-electron chi connectivity index (χ4n) is 2.81. The number of nitrogens with one attached hydrogen (secondary N) is 1. The predicted octanol–water partition coefficient (Wildman–Crippen LogP) is 3.01. The Morgan fingerprint density at radius 1 is 1.24 bits per heavy atom. The number of hydrogen-bond donors (Lipinski definition) is 1. The number of hydrogen-bond acceptors (Lipinski definition) is 5. The van der Waals surface area contributed by atoms with Crippen LogP contribution in [0.3, 0.4) is 0 Å². The Balaban J connectivity index is 2.08. The number of nitrogens with zero attached hydrogens (tertiary/aromatic N) is 1. The van der Waals surface area contributed by atoms with Crippen molar-refractivity contribution < 1.29 is 22.7 Å². The van der Waals surface area contributed by atoms with E-state index in [9.17, 15) is 13.2 Å². The van der Waals surface area contributed by atoms with E-state index in [1.807, 2.05) is 31.2 Å². The summed E-state index contributed by atoms with van der Waals surface area (Å²) in [6.45, 7) is 3.93. The molecular weight excluding hydrogens is 416 g/mol.